The van der Waals surface area contributed by atoms with Crippen LogP contribution in [0.4, 0.5) is 5.13 Å². The Hall–Kier alpha value is -4.03. The summed E-state index contributed by atoms with van der Waals surface area (Å²) in [5.74, 6) is -4.99. The molecule has 0 aromatic carbocycles. The number of aliphatic carboxylic acids is 2. The number of oxime groups is 1. The second-order valence-electron chi connectivity index (χ2n) is 7.62. The third-order valence-corrected chi connectivity index (χ3v) is 7.71. The molecule has 38 heavy (non-hydrogen) atoms. The number of β-lactam (4-membered cyclic amide) rings is 1. The van der Waals surface area contributed by atoms with Crippen molar-refractivity contribution in [2.75, 3.05) is 18.1 Å². The van der Waals surface area contributed by atoms with Gasteiger partial charge in [-0.1, -0.05) is 5.16 Å². The van der Waals surface area contributed by atoms with Gasteiger partial charge in [-0.05, 0) is 0 Å². The van der Waals surface area contributed by atoms with Gasteiger partial charge < -0.3 is 30.8 Å². The molecule has 2 aliphatic heterocycles. The number of nitrogen functional groups attached to an aromatic ring is 1. The monoisotopic (exact) mass is 582 g/mol. The molecule has 18 heteroatoms. The summed E-state index contributed by atoms with van der Waals surface area (Å²) < 4.78 is 5.36. The first kappa shape index (κ1) is 27.0. The number of rotatable bonds is 10. The van der Waals surface area contributed by atoms with E-state index in [4.69, 9.17) is 15.6 Å². The number of carbonyl (C=O) groups excluding carboxylic acids is 3. The van der Waals surface area contributed by atoms with Crippen molar-refractivity contribution >= 4 is 75.0 Å². The third kappa shape index (κ3) is 5.46. The first-order chi connectivity index (χ1) is 18.1. The number of aromatic nitrogens is 2. The molecule has 3 atom stereocenters. The van der Waals surface area contributed by atoms with E-state index in [1.54, 1.807) is 5.38 Å². The van der Waals surface area contributed by atoms with Gasteiger partial charge in [-0.3, -0.25) is 19.3 Å². The Labute approximate surface area is 225 Å². The maximum Gasteiger partial charge on any atom is 0.352 e. The van der Waals surface area contributed by atoms with Gasteiger partial charge in [0.2, 0.25) is 6.61 Å². The van der Waals surface area contributed by atoms with E-state index in [1.807, 2.05) is 0 Å². The fourth-order valence-corrected chi connectivity index (χ4v) is 6.12. The lowest BCUT2D eigenvalue weighted by atomic mass is 9.99. The molecule has 2 aromatic heterocycles. The van der Waals surface area contributed by atoms with Gasteiger partial charge in [-0.15, -0.1) is 34.4 Å². The molecule has 2 aromatic rings. The Kier molecular flexibility index (Phi) is 7.93. The van der Waals surface area contributed by atoms with Crippen LogP contribution in [0.1, 0.15) is 24.4 Å². The maximum absolute atomic E-state index is 13.1. The largest absolute Gasteiger partial charge is 0.479 e. The molecule has 0 saturated carbocycles. The SMILES string of the molecule is CC(=O)OC(C1=C(C(=O)O)N2C(=O)C(NC(=O)C(=NOCC(=O)O)c3csc(N)n3)[C@@H]2SC1)c1cscn1. The van der Waals surface area contributed by atoms with E-state index in [9.17, 15) is 29.1 Å². The molecule has 2 aliphatic rings. The number of thioether (sulfide) groups is 1. The molecule has 0 bridgehead atoms. The number of anilines is 1. The van der Waals surface area contributed by atoms with Gasteiger partial charge in [0, 0.05) is 29.0 Å². The summed E-state index contributed by atoms with van der Waals surface area (Å²) in [7, 11) is 0. The zero-order valence-electron chi connectivity index (χ0n) is 19.2. The van der Waals surface area contributed by atoms with Crippen LogP contribution in [-0.4, -0.2) is 84.3 Å². The van der Waals surface area contributed by atoms with Crippen LogP contribution in [0.3, 0.4) is 0 Å². The Morgan fingerprint density at radius 1 is 1.32 bits per heavy atom. The fraction of sp³-hybridized carbons (Fsp3) is 0.300. The summed E-state index contributed by atoms with van der Waals surface area (Å²) in [6.07, 6.45) is -1.11. The minimum Gasteiger partial charge on any atom is -0.479 e. The van der Waals surface area contributed by atoms with Gasteiger partial charge in [-0.25, -0.2) is 19.6 Å². The number of carbonyl (C=O) groups is 5. The van der Waals surface area contributed by atoms with E-state index in [-0.39, 0.29) is 27.8 Å². The molecule has 0 spiro atoms. The second-order valence-corrected chi connectivity index (χ2v) is 10.3. The zero-order chi connectivity index (χ0) is 27.6. The summed E-state index contributed by atoms with van der Waals surface area (Å²) in [6, 6.07) is -1.14. The number of ether oxygens (including phenoxy) is 1. The number of nitrogens with zero attached hydrogens (tertiary/aromatic N) is 4. The number of amides is 2. The smallest absolute Gasteiger partial charge is 0.352 e. The third-order valence-electron chi connectivity index (χ3n) is 5.13. The molecule has 0 aliphatic carbocycles. The number of hydrogen-bond donors (Lipinski definition) is 4. The van der Waals surface area contributed by atoms with Gasteiger partial charge in [-0.2, -0.15) is 0 Å². The van der Waals surface area contributed by atoms with Crippen LogP contribution in [-0.2, 0) is 33.5 Å². The summed E-state index contributed by atoms with van der Waals surface area (Å²) in [4.78, 5) is 74.6. The van der Waals surface area contributed by atoms with Crippen molar-refractivity contribution in [3.63, 3.8) is 0 Å². The molecule has 1 fully saturated rings. The van der Waals surface area contributed by atoms with E-state index >= 15 is 0 Å². The van der Waals surface area contributed by atoms with Crippen molar-refractivity contribution in [2.24, 2.45) is 5.16 Å². The van der Waals surface area contributed by atoms with Crippen LogP contribution in [0.15, 0.2) is 32.7 Å². The minimum atomic E-state index is -1.42. The van der Waals surface area contributed by atoms with Crippen molar-refractivity contribution in [1.29, 1.82) is 0 Å². The van der Waals surface area contributed by atoms with E-state index in [0.29, 0.717) is 5.69 Å². The van der Waals surface area contributed by atoms with Gasteiger partial charge >= 0.3 is 17.9 Å². The molecular formula is C20H18N6O9S3. The standard InChI is InChI=1S/C20H18N6O9S3/c1-7(27)35-15(10-4-36-6-22-10)8-3-37-18-13(17(31)26(18)14(8)19(32)33)24-16(30)12(25-34-2-11(28)29)9-5-38-20(21)23-9/h4-6,13,15,18H,2-3H2,1H3,(H2,21,23)(H,24,30)(H,28,29)(H,32,33)/t13?,15?,18-/m0/s1. The Morgan fingerprint density at radius 2 is 2.08 bits per heavy atom. The Morgan fingerprint density at radius 3 is 2.66 bits per heavy atom. The van der Waals surface area contributed by atoms with Gasteiger partial charge in [0.05, 0.1) is 11.2 Å². The molecule has 1 saturated heterocycles. The summed E-state index contributed by atoms with van der Waals surface area (Å²) >= 11 is 3.38. The van der Waals surface area contributed by atoms with Crippen molar-refractivity contribution in [2.45, 2.75) is 24.4 Å². The highest BCUT2D eigenvalue weighted by molar-refractivity contribution is 8.00. The van der Waals surface area contributed by atoms with Crippen LogP contribution in [0.2, 0.25) is 0 Å². The maximum atomic E-state index is 13.1. The number of carboxylic acids is 2. The lowest BCUT2D eigenvalue weighted by Gasteiger charge is -2.49. The molecule has 2 amide bonds. The number of thiazole rings is 2. The Balaban J connectivity index is 1.59. The minimum absolute atomic E-state index is 0.00351. The topological polar surface area (TPSA) is 224 Å². The lowest BCUT2D eigenvalue weighted by Crippen LogP contribution is -2.71. The highest BCUT2D eigenvalue weighted by atomic mass is 32.2. The molecule has 15 nitrogen and oxygen atoms in total. The van der Waals surface area contributed by atoms with E-state index in [2.05, 4.69) is 25.3 Å². The molecule has 2 unspecified atom stereocenters. The van der Waals surface area contributed by atoms with E-state index < -0.39 is 59.6 Å². The average Bonchev–Trinajstić information content (AvgIpc) is 3.54. The number of nitrogens with two attached hydrogens (primary N) is 1. The lowest BCUT2D eigenvalue weighted by molar-refractivity contribution is -0.151. The van der Waals surface area contributed by atoms with Crippen LogP contribution < -0.4 is 11.1 Å². The zero-order valence-corrected chi connectivity index (χ0v) is 21.7. The van der Waals surface area contributed by atoms with Gasteiger partial charge in [0.1, 0.15) is 22.8 Å². The Bertz CT molecular complexity index is 1360. The van der Waals surface area contributed by atoms with Crippen molar-refractivity contribution < 1.29 is 43.8 Å². The van der Waals surface area contributed by atoms with Gasteiger partial charge in [0.15, 0.2) is 16.9 Å². The molecular weight excluding hydrogens is 564 g/mol. The molecule has 200 valence electrons. The van der Waals surface area contributed by atoms with Crippen molar-refractivity contribution in [1.82, 2.24) is 20.2 Å². The molecule has 4 rings (SSSR count). The number of fused-ring (bicyclic) bond motifs is 1. The number of nitrogens with one attached hydrogen (secondary N) is 1. The highest BCUT2D eigenvalue weighted by Gasteiger charge is 2.55. The first-order valence-corrected chi connectivity index (χ1v) is 13.4. The number of esters is 1. The normalized spacial score (nSPS) is 19.8. The predicted molar refractivity (Wildman–Crippen MR) is 133 cm³/mol. The highest BCUT2D eigenvalue weighted by Crippen LogP contribution is 2.44. The summed E-state index contributed by atoms with van der Waals surface area (Å²) in [6.45, 7) is 0.345. The average molecular weight is 583 g/mol. The van der Waals surface area contributed by atoms with Crippen molar-refractivity contribution in [3.8, 4) is 0 Å². The van der Waals surface area contributed by atoms with E-state index in [1.165, 1.54) is 29.2 Å². The first-order valence-electron chi connectivity index (χ1n) is 10.5. The number of hydrogen-bond acceptors (Lipinski definition) is 14. The van der Waals surface area contributed by atoms with Crippen LogP contribution >= 0.6 is 34.4 Å². The predicted octanol–water partition coefficient (Wildman–Crippen LogP) is 0.0301. The van der Waals surface area contributed by atoms with Crippen LogP contribution in [0, 0.1) is 0 Å². The van der Waals surface area contributed by atoms with Gasteiger partial charge in [0.25, 0.3) is 11.8 Å². The van der Waals surface area contributed by atoms with E-state index in [0.717, 1.165) is 28.0 Å². The molecule has 0 radical (unpaired) electrons. The quantitative estimate of drug-likeness (QED) is 0.126. The summed E-state index contributed by atoms with van der Waals surface area (Å²) in [5, 5.41) is 27.1. The number of carboxylic acid groups (broad SMARTS) is 2. The second kappa shape index (κ2) is 11.2. The fourth-order valence-electron chi connectivity index (χ4n) is 3.63. The summed E-state index contributed by atoms with van der Waals surface area (Å²) in [5.41, 5.74) is 6.81. The van der Waals surface area contributed by atoms with Crippen LogP contribution in [0.25, 0.3) is 0 Å². The molecule has 5 N–H and O–H groups in total. The van der Waals surface area contributed by atoms with Crippen molar-refractivity contribution in [3.05, 3.63) is 38.9 Å². The van der Waals surface area contributed by atoms with Crippen LogP contribution in [0.5, 0.6) is 0 Å². The molecule has 4 heterocycles.